The van der Waals surface area contributed by atoms with E-state index >= 15 is 0 Å². The summed E-state index contributed by atoms with van der Waals surface area (Å²) in [7, 11) is 0. The first-order valence-corrected chi connectivity index (χ1v) is 7.91. The van der Waals surface area contributed by atoms with Crippen LogP contribution in [0.2, 0.25) is 0 Å². The Morgan fingerprint density at radius 1 is 1.22 bits per heavy atom. The van der Waals surface area contributed by atoms with Crippen LogP contribution in [-0.2, 0) is 9.59 Å². The fraction of sp³-hybridized carbons (Fsp3) is 0.471. The average Bonchev–Trinajstić information content (AvgIpc) is 2.92. The summed E-state index contributed by atoms with van der Waals surface area (Å²) in [6.45, 7) is 6.12. The minimum Gasteiger partial charge on any atom is -0.332 e. The number of likely N-dealkylation sites (tertiary alicyclic amines) is 1. The number of carbonyl (C=O) groups is 3. The quantitative estimate of drug-likeness (QED) is 0.905. The highest BCUT2D eigenvalue weighted by Crippen LogP contribution is 2.28. The number of hydrogen-bond acceptors (Lipinski definition) is 3. The maximum atomic E-state index is 12.8. The minimum atomic E-state index is -0.602. The van der Waals surface area contributed by atoms with E-state index in [9.17, 15) is 14.4 Å². The van der Waals surface area contributed by atoms with Gasteiger partial charge in [-0.25, -0.2) is 9.69 Å². The van der Waals surface area contributed by atoms with E-state index in [2.05, 4.69) is 19.2 Å². The molecule has 0 bridgehead atoms. The number of imide groups is 1. The molecule has 1 aromatic carbocycles. The van der Waals surface area contributed by atoms with Crippen LogP contribution in [0, 0.1) is 0 Å². The average molecular weight is 315 g/mol. The molecule has 2 heterocycles. The lowest BCUT2D eigenvalue weighted by molar-refractivity contribution is -0.136. The van der Waals surface area contributed by atoms with E-state index in [1.54, 1.807) is 17.0 Å². The molecule has 23 heavy (non-hydrogen) atoms. The van der Waals surface area contributed by atoms with Crippen LogP contribution in [0.1, 0.15) is 38.7 Å². The molecule has 2 saturated heterocycles. The molecule has 2 aliphatic heterocycles. The number of benzene rings is 1. The summed E-state index contributed by atoms with van der Waals surface area (Å²) in [4.78, 5) is 39.6. The Kier molecular flexibility index (Phi) is 3.83. The second kappa shape index (κ2) is 5.68. The number of nitrogens with one attached hydrogen (secondary N) is 1. The monoisotopic (exact) mass is 315 g/mol. The van der Waals surface area contributed by atoms with Crippen molar-refractivity contribution in [2.24, 2.45) is 0 Å². The van der Waals surface area contributed by atoms with E-state index in [4.69, 9.17) is 0 Å². The van der Waals surface area contributed by atoms with Gasteiger partial charge in [0.1, 0.15) is 6.04 Å². The van der Waals surface area contributed by atoms with Gasteiger partial charge < -0.3 is 10.2 Å². The molecule has 0 aromatic heterocycles. The number of rotatable bonds is 2. The zero-order valence-corrected chi connectivity index (χ0v) is 13.6. The van der Waals surface area contributed by atoms with Crippen LogP contribution in [0.5, 0.6) is 0 Å². The van der Waals surface area contributed by atoms with Crippen LogP contribution in [0.3, 0.4) is 0 Å². The van der Waals surface area contributed by atoms with Crippen molar-refractivity contribution >= 4 is 23.5 Å². The first-order valence-electron chi connectivity index (χ1n) is 7.91. The smallest absolute Gasteiger partial charge is 0.329 e. The van der Waals surface area contributed by atoms with Gasteiger partial charge in [0.25, 0.3) is 5.91 Å². The summed E-state index contributed by atoms with van der Waals surface area (Å²) in [5.74, 6) is -0.0943. The van der Waals surface area contributed by atoms with Gasteiger partial charge >= 0.3 is 6.03 Å². The van der Waals surface area contributed by atoms with Crippen molar-refractivity contribution < 1.29 is 14.4 Å². The summed E-state index contributed by atoms with van der Waals surface area (Å²) in [6, 6.07) is 6.09. The number of urea groups is 1. The fourth-order valence-corrected chi connectivity index (χ4v) is 3.31. The minimum absolute atomic E-state index is 0.142. The molecule has 2 unspecified atom stereocenters. The summed E-state index contributed by atoms with van der Waals surface area (Å²) >= 11 is 0. The molecular weight excluding hydrogens is 294 g/mol. The van der Waals surface area contributed by atoms with E-state index in [1.807, 2.05) is 12.1 Å². The predicted molar refractivity (Wildman–Crippen MR) is 86.1 cm³/mol. The fourth-order valence-electron chi connectivity index (χ4n) is 3.31. The third kappa shape index (κ3) is 2.58. The van der Waals surface area contributed by atoms with Crippen molar-refractivity contribution in [1.82, 2.24) is 10.2 Å². The molecule has 122 valence electrons. The van der Waals surface area contributed by atoms with E-state index < -0.39 is 12.1 Å². The van der Waals surface area contributed by atoms with Crippen LogP contribution >= 0.6 is 0 Å². The molecule has 3 rings (SSSR count). The van der Waals surface area contributed by atoms with Crippen molar-refractivity contribution in [1.29, 1.82) is 0 Å². The van der Waals surface area contributed by atoms with Crippen LogP contribution < -0.4 is 10.2 Å². The first-order chi connectivity index (χ1) is 10.9. The molecule has 1 N–H and O–H groups in total. The number of hydrogen-bond donors (Lipinski definition) is 1. The highest BCUT2D eigenvalue weighted by atomic mass is 16.2. The van der Waals surface area contributed by atoms with Crippen molar-refractivity contribution in [2.75, 3.05) is 11.4 Å². The maximum Gasteiger partial charge on any atom is 0.329 e. The van der Waals surface area contributed by atoms with E-state index in [0.717, 1.165) is 10.5 Å². The van der Waals surface area contributed by atoms with Crippen LogP contribution in [0.25, 0.3) is 0 Å². The summed E-state index contributed by atoms with van der Waals surface area (Å²) < 4.78 is 0. The van der Waals surface area contributed by atoms with Crippen molar-refractivity contribution in [2.45, 2.75) is 45.2 Å². The van der Waals surface area contributed by atoms with Crippen LogP contribution in [-0.4, -0.2) is 41.4 Å². The molecule has 2 atom stereocenters. The normalized spacial score (nSPS) is 24.0. The van der Waals surface area contributed by atoms with Gasteiger partial charge in [0.2, 0.25) is 5.91 Å². The highest BCUT2D eigenvalue weighted by Gasteiger charge is 2.49. The predicted octanol–water partition coefficient (Wildman–Crippen LogP) is 1.86. The summed E-state index contributed by atoms with van der Waals surface area (Å²) in [6.07, 6.45) is 0.613. The molecule has 2 aliphatic rings. The number of fused-ring (bicyclic) bond motifs is 1. The first kappa shape index (κ1) is 15.5. The van der Waals surface area contributed by atoms with Gasteiger partial charge in [0.15, 0.2) is 0 Å². The maximum absolute atomic E-state index is 12.8. The van der Waals surface area contributed by atoms with Gasteiger partial charge in [-0.15, -0.1) is 0 Å². The Labute approximate surface area is 135 Å². The standard InChI is InChI=1S/C17H21N3O3/c1-10(2)12-4-6-13(7-5-12)20-16(22)15-14(18-17(20)23)8-9-19(15)11(3)21/h4-7,10,14-15H,8-9H2,1-3H3,(H,18,23). The molecule has 6 nitrogen and oxygen atoms in total. The number of amides is 4. The molecule has 1 aromatic rings. The highest BCUT2D eigenvalue weighted by molar-refractivity contribution is 6.19. The van der Waals surface area contributed by atoms with Crippen LogP contribution in [0.15, 0.2) is 24.3 Å². The molecule has 0 radical (unpaired) electrons. The van der Waals surface area contributed by atoms with Crippen molar-refractivity contribution in [3.8, 4) is 0 Å². The van der Waals surface area contributed by atoms with Gasteiger partial charge in [0.05, 0.1) is 11.7 Å². The Morgan fingerprint density at radius 3 is 2.43 bits per heavy atom. The summed E-state index contributed by atoms with van der Waals surface area (Å²) in [5.41, 5.74) is 1.67. The van der Waals surface area contributed by atoms with E-state index in [1.165, 1.54) is 6.92 Å². The van der Waals surface area contributed by atoms with Crippen LogP contribution in [0.4, 0.5) is 10.5 Å². The molecular formula is C17H21N3O3. The van der Waals surface area contributed by atoms with Crippen molar-refractivity contribution in [3.05, 3.63) is 29.8 Å². The number of carbonyl (C=O) groups excluding carboxylic acids is 3. The third-order valence-electron chi connectivity index (χ3n) is 4.61. The Bertz CT molecular complexity index is 654. The topological polar surface area (TPSA) is 69.7 Å². The van der Waals surface area contributed by atoms with E-state index in [-0.39, 0.29) is 17.9 Å². The van der Waals surface area contributed by atoms with Crippen molar-refractivity contribution in [3.63, 3.8) is 0 Å². The Morgan fingerprint density at radius 2 is 1.87 bits per heavy atom. The molecule has 4 amide bonds. The molecule has 2 fully saturated rings. The Hall–Kier alpha value is -2.37. The number of anilines is 1. The largest absolute Gasteiger partial charge is 0.332 e. The van der Waals surface area contributed by atoms with Gasteiger partial charge in [-0.1, -0.05) is 26.0 Å². The molecule has 0 aliphatic carbocycles. The molecule has 0 spiro atoms. The van der Waals surface area contributed by atoms with Gasteiger partial charge in [-0.3, -0.25) is 9.59 Å². The van der Waals surface area contributed by atoms with Gasteiger partial charge in [0, 0.05) is 13.5 Å². The second-order valence-corrected chi connectivity index (χ2v) is 6.42. The second-order valence-electron chi connectivity index (χ2n) is 6.42. The SMILES string of the molecule is CC(=O)N1CCC2NC(=O)N(c3ccc(C(C)C)cc3)C(=O)C21. The lowest BCUT2D eigenvalue weighted by Gasteiger charge is -2.36. The lowest BCUT2D eigenvalue weighted by atomic mass is 10.0. The zero-order valence-electron chi connectivity index (χ0n) is 13.6. The molecule has 6 heteroatoms. The van der Waals surface area contributed by atoms with E-state index in [0.29, 0.717) is 24.6 Å². The summed E-state index contributed by atoms with van der Waals surface area (Å²) in [5, 5.41) is 2.85. The van der Waals surface area contributed by atoms with Gasteiger partial charge in [-0.2, -0.15) is 0 Å². The number of nitrogens with zero attached hydrogens (tertiary/aromatic N) is 2. The third-order valence-corrected chi connectivity index (χ3v) is 4.61. The zero-order chi connectivity index (χ0) is 16.7. The lowest BCUT2D eigenvalue weighted by Crippen LogP contribution is -2.64. The van der Waals surface area contributed by atoms with Gasteiger partial charge in [-0.05, 0) is 30.0 Å². The Balaban J connectivity index is 1.91. The molecule has 0 saturated carbocycles.